The second-order valence-corrected chi connectivity index (χ2v) is 4.96. The molecule has 1 aromatic rings. The minimum atomic E-state index is -0.935. The number of hydrogen-bond donors (Lipinski definition) is 1. The van der Waals surface area contributed by atoms with Crippen LogP contribution in [-0.4, -0.2) is 17.6 Å². The van der Waals surface area contributed by atoms with Gasteiger partial charge in [-0.25, -0.2) is 4.79 Å². The van der Waals surface area contributed by atoms with Crippen molar-refractivity contribution in [2.24, 2.45) is 0 Å². The van der Waals surface area contributed by atoms with Crippen molar-refractivity contribution in [1.82, 2.24) is 0 Å². The van der Waals surface area contributed by atoms with Crippen LogP contribution in [0.1, 0.15) is 6.92 Å². The second-order valence-electron chi connectivity index (χ2n) is 3.90. The lowest BCUT2D eigenvalue weighted by Crippen LogP contribution is -2.16. The number of para-hydroxylation sites is 1. The molecule has 4 heteroatoms. The van der Waals surface area contributed by atoms with Crippen molar-refractivity contribution < 1.29 is 9.90 Å². The summed E-state index contributed by atoms with van der Waals surface area (Å²) in [7, 11) is 0. The maximum atomic E-state index is 10.3. The number of aliphatic carboxylic acids is 1. The Morgan fingerprint density at radius 2 is 2.11 bits per heavy atom. The molecule has 0 fully saturated rings. The lowest BCUT2D eigenvalue weighted by Gasteiger charge is -2.17. The fourth-order valence-electron chi connectivity index (χ4n) is 1.84. The first-order valence-electron chi connectivity index (χ1n) is 6.04. The third-order valence-corrected chi connectivity index (χ3v) is 3.78. The van der Waals surface area contributed by atoms with E-state index in [-0.39, 0.29) is 0 Å². The number of benzene rings is 1. The highest BCUT2D eigenvalue weighted by atomic mass is 32.2. The van der Waals surface area contributed by atoms with E-state index in [1.165, 1.54) is 16.7 Å². The summed E-state index contributed by atoms with van der Waals surface area (Å²) in [4.78, 5) is 13.8. The van der Waals surface area contributed by atoms with Gasteiger partial charge in [-0.15, -0.1) is 0 Å². The van der Waals surface area contributed by atoms with Gasteiger partial charge in [-0.1, -0.05) is 42.1 Å². The van der Waals surface area contributed by atoms with Crippen LogP contribution < -0.4 is 4.90 Å². The number of hydrogen-bond acceptors (Lipinski definition) is 3. The van der Waals surface area contributed by atoms with E-state index in [4.69, 9.17) is 5.11 Å². The molecule has 0 saturated carbocycles. The summed E-state index contributed by atoms with van der Waals surface area (Å²) < 4.78 is 0. The Labute approximate surface area is 116 Å². The predicted molar refractivity (Wildman–Crippen MR) is 79.3 cm³/mol. The van der Waals surface area contributed by atoms with E-state index in [2.05, 4.69) is 24.0 Å². The van der Waals surface area contributed by atoms with Crippen LogP contribution in [0.4, 0.5) is 5.69 Å². The first-order chi connectivity index (χ1) is 9.22. The van der Waals surface area contributed by atoms with Crippen molar-refractivity contribution in [3.63, 3.8) is 0 Å². The lowest BCUT2D eigenvalue weighted by atomic mass is 10.3. The molecule has 19 heavy (non-hydrogen) atoms. The summed E-state index contributed by atoms with van der Waals surface area (Å²) in [5, 5.41) is 9.63. The van der Waals surface area contributed by atoms with Crippen molar-refractivity contribution in [3.8, 4) is 0 Å². The van der Waals surface area contributed by atoms with Crippen LogP contribution in [0.15, 0.2) is 64.6 Å². The molecule has 0 unspecified atom stereocenters. The molecular weight excluding hydrogens is 258 g/mol. The van der Waals surface area contributed by atoms with Crippen LogP contribution in [0.5, 0.6) is 0 Å². The molecular formula is C15H15NO2S. The molecule has 0 radical (unpaired) electrons. The number of carboxylic acid groups (broad SMARTS) is 1. The van der Waals surface area contributed by atoms with Gasteiger partial charge in [0.2, 0.25) is 0 Å². The van der Waals surface area contributed by atoms with E-state index in [1.54, 1.807) is 17.8 Å². The van der Waals surface area contributed by atoms with Gasteiger partial charge in [0.1, 0.15) is 0 Å². The molecule has 1 N–H and O–H groups in total. The lowest BCUT2D eigenvalue weighted by molar-refractivity contribution is -0.131. The second kappa shape index (κ2) is 6.29. The summed E-state index contributed by atoms with van der Waals surface area (Å²) in [6.45, 7) is 3.03. The summed E-state index contributed by atoms with van der Waals surface area (Å²) in [6.07, 6.45) is 8.21. The van der Waals surface area contributed by atoms with Gasteiger partial charge in [0.25, 0.3) is 0 Å². The van der Waals surface area contributed by atoms with Gasteiger partial charge in [-0.05, 0) is 25.1 Å². The van der Waals surface area contributed by atoms with E-state index in [1.807, 2.05) is 24.3 Å². The zero-order chi connectivity index (χ0) is 13.7. The van der Waals surface area contributed by atoms with E-state index >= 15 is 0 Å². The highest BCUT2D eigenvalue weighted by Gasteiger charge is 2.22. The summed E-state index contributed by atoms with van der Waals surface area (Å²) >= 11 is 1.73. The Bertz CT molecular complexity index is 561. The van der Waals surface area contributed by atoms with Gasteiger partial charge in [0, 0.05) is 17.5 Å². The van der Waals surface area contributed by atoms with Crippen LogP contribution >= 0.6 is 11.8 Å². The van der Waals surface area contributed by atoms with E-state index in [0.717, 1.165) is 17.6 Å². The SMILES string of the molecule is CCN1C(=CC=CC=CC(=O)O)Sc2ccccc21. The smallest absolute Gasteiger partial charge is 0.328 e. The minimum Gasteiger partial charge on any atom is -0.478 e. The van der Waals surface area contributed by atoms with Gasteiger partial charge in [0.05, 0.1) is 10.7 Å². The van der Waals surface area contributed by atoms with E-state index in [0.29, 0.717) is 0 Å². The van der Waals surface area contributed by atoms with Crippen molar-refractivity contribution in [2.75, 3.05) is 11.4 Å². The number of fused-ring (bicyclic) bond motifs is 1. The summed E-state index contributed by atoms with van der Waals surface area (Å²) in [6, 6.07) is 8.29. The quantitative estimate of drug-likeness (QED) is 0.671. The van der Waals surface area contributed by atoms with Crippen molar-refractivity contribution >= 4 is 23.4 Å². The average Bonchev–Trinajstić information content (AvgIpc) is 2.75. The average molecular weight is 273 g/mol. The van der Waals surface area contributed by atoms with Gasteiger partial charge in [-0.3, -0.25) is 0 Å². The largest absolute Gasteiger partial charge is 0.478 e. The Hall–Kier alpha value is -1.94. The summed E-state index contributed by atoms with van der Waals surface area (Å²) in [5.41, 5.74) is 1.23. The van der Waals surface area contributed by atoms with Crippen LogP contribution in [0, 0.1) is 0 Å². The maximum absolute atomic E-state index is 10.3. The molecule has 1 aromatic carbocycles. The fraction of sp³-hybridized carbons (Fsp3) is 0.133. The molecule has 0 aromatic heterocycles. The highest BCUT2D eigenvalue weighted by molar-refractivity contribution is 8.03. The fourth-order valence-corrected chi connectivity index (χ4v) is 2.98. The van der Waals surface area contributed by atoms with Crippen LogP contribution in [0.2, 0.25) is 0 Å². The zero-order valence-electron chi connectivity index (χ0n) is 10.6. The first-order valence-corrected chi connectivity index (χ1v) is 6.86. The standard InChI is InChI=1S/C15H15NO2S/c1-2-16-12-8-6-7-9-13(12)19-14(16)10-4-3-5-11-15(17)18/h3-11H,2H2,1H3,(H,17,18). The number of thioether (sulfide) groups is 1. The van der Waals surface area contributed by atoms with Crippen LogP contribution in [0.25, 0.3) is 0 Å². The Kier molecular flexibility index (Phi) is 4.47. The number of carboxylic acids is 1. The minimum absolute atomic E-state index is 0.911. The first kappa shape index (κ1) is 13.5. The van der Waals surface area contributed by atoms with E-state index < -0.39 is 5.97 Å². The maximum Gasteiger partial charge on any atom is 0.328 e. The molecule has 0 saturated heterocycles. The third kappa shape index (κ3) is 3.29. The molecule has 1 heterocycles. The van der Waals surface area contributed by atoms with Gasteiger partial charge in [-0.2, -0.15) is 0 Å². The number of rotatable bonds is 4. The number of allylic oxidation sites excluding steroid dienone is 4. The monoisotopic (exact) mass is 273 g/mol. The molecule has 0 aliphatic carbocycles. The molecule has 0 amide bonds. The normalized spacial score (nSPS) is 16.7. The predicted octanol–water partition coefficient (Wildman–Crippen LogP) is 3.66. The van der Waals surface area contributed by atoms with Crippen LogP contribution in [0.3, 0.4) is 0 Å². The molecule has 1 aliphatic rings. The van der Waals surface area contributed by atoms with E-state index in [9.17, 15) is 4.79 Å². The van der Waals surface area contributed by atoms with Crippen molar-refractivity contribution in [3.05, 3.63) is 59.7 Å². The number of carbonyl (C=O) groups is 1. The molecule has 0 bridgehead atoms. The number of anilines is 1. The van der Waals surface area contributed by atoms with Gasteiger partial charge < -0.3 is 10.0 Å². The molecule has 3 nitrogen and oxygen atoms in total. The van der Waals surface area contributed by atoms with Gasteiger partial charge in [0.15, 0.2) is 0 Å². The molecule has 0 spiro atoms. The Balaban J connectivity index is 2.12. The van der Waals surface area contributed by atoms with Crippen molar-refractivity contribution in [1.29, 1.82) is 0 Å². The molecule has 0 atom stereocenters. The summed E-state index contributed by atoms with van der Waals surface area (Å²) in [5.74, 6) is -0.935. The highest BCUT2D eigenvalue weighted by Crippen LogP contribution is 2.45. The number of nitrogens with zero attached hydrogens (tertiary/aromatic N) is 1. The molecule has 1 aliphatic heterocycles. The molecule has 2 rings (SSSR count). The van der Waals surface area contributed by atoms with Crippen molar-refractivity contribution in [2.45, 2.75) is 11.8 Å². The zero-order valence-corrected chi connectivity index (χ0v) is 11.4. The van der Waals surface area contributed by atoms with Crippen LogP contribution in [-0.2, 0) is 4.79 Å². The topological polar surface area (TPSA) is 40.5 Å². The third-order valence-electron chi connectivity index (χ3n) is 2.65. The molecule has 98 valence electrons. The van der Waals surface area contributed by atoms with Gasteiger partial charge >= 0.3 is 5.97 Å². The Morgan fingerprint density at radius 3 is 2.84 bits per heavy atom. The Morgan fingerprint density at radius 1 is 1.32 bits per heavy atom.